The van der Waals surface area contributed by atoms with Crippen molar-refractivity contribution in [3.05, 3.63) is 249 Å². The average Bonchev–Trinajstić information content (AvgIpc) is 3.95. The monoisotopic (exact) mass is 867 g/mol. The van der Waals surface area contributed by atoms with E-state index in [4.69, 9.17) is 15.0 Å². The molecule has 0 saturated heterocycles. The van der Waals surface area contributed by atoms with Gasteiger partial charge in [0.05, 0.1) is 22.1 Å². The largest absolute Gasteiger partial charge is 0.309 e. The van der Waals surface area contributed by atoms with Gasteiger partial charge in [0.15, 0.2) is 11.6 Å². The Morgan fingerprint density at radius 3 is 1.29 bits per heavy atom. The number of para-hydroxylation sites is 3. The van der Waals surface area contributed by atoms with Crippen molar-refractivity contribution in [2.75, 3.05) is 0 Å². The Bertz CT molecular complexity index is 3970. The van der Waals surface area contributed by atoms with Crippen molar-refractivity contribution in [2.45, 2.75) is 0 Å². The number of fused-ring (bicyclic) bond motifs is 7. The maximum atomic E-state index is 5.49. The number of benzene rings is 10. The normalized spacial score (nSPS) is 11.5. The molecule has 13 aromatic rings. The lowest BCUT2D eigenvalue weighted by Gasteiger charge is -2.14. The molecular formula is C63H41N5. The predicted octanol–water partition coefficient (Wildman–Crippen LogP) is 16.1. The van der Waals surface area contributed by atoms with Crippen LogP contribution < -0.4 is 0 Å². The molecule has 318 valence electrons. The lowest BCUT2D eigenvalue weighted by atomic mass is 9.95. The third kappa shape index (κ3) is 6.68. The van der Waals surface area contributed by atoms with Gasteiger partial charge in [-0.25, -0.2) is 4.98 Å². The summed E-state index contributed by atoms with van der Waals surface area (Å²) in [5.74, 6) is 1.75. The molecule has 0 saturated carbocycles. The molecule has 13 rings (SSSR count). The van der Waals surface area contributed by atoms with Gasteiger partial charge in [0.2, 0.25) is 5.95 Å². The Kier molecular flexibility index (Phi) is 9.43. The number of aromatic nitrogens is 5. The van der Waals surface area contributed by atoms with Crippen molar-refractivity contribution in [3.8, 4) is 78.9 Å². The molecule has 0 unspecified atom stereocenters. The quantitative estimate of drug-likeness (QED) is 0.153. The summed E-state index contributed by atoms with van der Waals surface area (Å²) in [6.07, 6.45) is 0. The van der Waals surface area contributed by atoms with E-state index in [0.29, 0.717) is 17.6 Å². The maximum Gasteiger partial charge on any atom is 0.238 e. The Balaban J connectivity index is 1.09. The smallest absolute Gasteiger partial charge is 0.238 e. The number of rotatable bonds is 8. The van der Waals surface area contributed by atoms with Crippen LogP contribution in [0.1, 0.15) is 0 Å². The first-order valence-corrected chi connectivity index (χ1v) is 23.0. The molecular weight excluding hydrogens is 827 g/mol. The lowest BCUT2D eigenvalue weighted by Crippen LogP contribution is -2.06. The molecule has 10 aromatic carbocycles. The Morgan fingerprint density at radius 1 is 0.265 bits per heavy atom. The second-order valence-electron chi connectivity index (χ2n) is 17.2. The Morgan fingerprint density at radius 2 is 0.691 bits per heavy atom. The summed E-state index contributed by atoms with van der Waals surface area (Å²) in [7, 11) is 0. The van der Waals surface area contributed by atoms with Crippen molar-refractivity contribution in [3.63, 3.8) is 0 Å². The SMILES string of the molecule is c1ccc(-c2ccc(-c3cccc(-c4nc(-c5ccccc5)nc(-n5c6ccccc6c6c(-c7ccc(-c8ccccc8)cc7)cc7c(c8ccccc8n7-c7ccccc7)c65)n4)c3)cc2)cc1. The molecule has 0 bridgehead atoms. The third-order valence-electron chi connectivity index (χ3n) is 13.2. The van der Waals surface area contributed by atoms with E-state index in [1.54, 1.807) is 0 Å². The fraction of sp³-hybridized carbons (Fsp3) is 0. The summed E-state index contributed by atoms with van der Waals surface area (Å²) in [5.41, 5.74) is 16.4. The Hall–Kier alpha value is -9.19. The molecule has 3 aromatic heterocycles. The van der Waals surface area contributed by atoms with Gasteiger partial charge in [-0.2, -0.15) is 9.97 Å². The van der Waals surface area contributed by atoms with Gasteiger partial charge in [0.25, 0.3) is 0 Å². The molecule has 0 amide bonds. The summed E-state index contributed by atoms with van der Waals surface area (Å²) in [6, 6.07) is 88.2. The topological polar surface area (TPSA) is 48.5 Å². The first kappa shape index (κ1) is 39.2. The fourth-order valence-electron chi connectivity index (χ4n) is 10.0. The van der Waals surface area contributed by atoms with Crippen LogP contribution in [0.15, 0.2) is 249 Å². The summed E-state index contributed by atoms with van der Waals surface area (Å²) >= 11 is 0. The molecule has 3 heterocycles. The Labute approximate surface area is 393 Å². The minimum absolute atomic E-state index is 0.548. The van der Waals surface area contributed by atoms with E-state index >= 15 is 0 Å². The van der Waals surface area contributed by atoms with E-state index in [1.807, 2.05) is 18.2 Å². The van der Waals surface area contributed by atoms with Gasteiger partial charge < -0.3 is 4.57 Å². The van der Waals surface area contributed by atoms with Crippen LogP contribution in [0.25, 0.3) is 123 Å². The highest BCUT2D eigenvalue weighted by Gasteiger charge is 2.26. The molecule has 68 heavy (non-hydrogen) atoms. The molecule has 0 spiro atoms. The van der Waals surface area contributed by atoms with Crippen LogP contribution >= 0.6 is 0 Å². The van der Waals surface area contributed by atoms with Gasteiger partial charge in [0.1, 0.15) is 0 Å². The highest BCUT2D eigenvalue weighted by Crippen LogP contribution is 2.46. The number of hydrogen-bond acceptors (Lipinski definition) is 3. The molecule has 0 N–H and O–H groups in total. The van der Waals surface area contributed by atoms with Crippen molar-refractivity contribution in [1.29, 1.82) is 0 Å². The van der Waals surface area contributed by atoms with Crippen LogP contribution in [0, 0.1) is 0 Å². The second kappa shape index (κ2) is 16.4. The van der Waals surface area contributed by atoms with Crippen LogP contribution in [-0.2, 0) is 0 Å². The van der Waals surface area contributed by atoms with Crippen LogP contribution in [-0.4, -0.2) is 24.1 Å². The molecule has 0 aliphatic heterocycles. The van der Waals surface area contributed by atoms with Crippen LogP contribution in [0.3, 0.4) is 0 Å². The molecule has 5 heteroatoms. The highest BCUT2D eigenvalue weighted by molar-refractivity contribution is 6.29. The first-order valence-electron chi connectivity index (χ1n) is 23.0. The second-order valence-corrected chi connectivity index (χ2v) is 17.2. The molecule has 0 aliphatic rings. The van der Waals surface area contributed by atoms with E-state index in [9.17, 15) is 0 Å². The first-order chi connectivity index (χ1) is 33.7. The highest BCUT2D eigenvalue weighted by atomic mass is 15.2. The molecule has 5 nitrogen and oxygen atoms in total. The summed E-state index contributed by atoms with van der Waals surface area (Å²) in [6.45, 7) is 0. The minimum atomic E-state index is 0.548. The lowest BCUT2D eigenvalue weighted by molar-refractivity contribution is 0.955. The summed E-state index contributed by atoms with van der Waals surface area (Å²) in [4.78, 5) is 16.2. The minimum Gasteiger partial charge on any atom is -0.309 e. The zero-order chi connectivity index (χ0) is 45.0. The van der Waals surface area contributed by atoms with Gasteiger partial charge in [-0.15, -0.1) is 0 Å². The number of nitrogens with zero attached hydrogens (tertiary/aromatic N) is 5. The van der Waals surface area contributed by atoms with Crippen molar-refractivity contribution < 1.29 is 0 Å². The van der Waals surface area contributed by atoms with Crippen molar-refractivity contribution in [1.82, 2.24) is 24.1 Å². The van der Waals surface area contributed by atoms with Gasteiger partial charge >= 0.3 is 0 Å². The van der Waals surface area contributed by atoms with E-state index in [-0.39, 0.29) is 0 Å². The van der Waals surface area contributed by atoms with Crippen LogP contribution in [0.2, 0.25) is 0 Å². The molecule has 0 aliphatic carbocycles. The van der Waals surface area contributed by atoms with Gasteiger partial charge in [-0.1, -0.05) is 212 Å². The van der Waals surface area contributed by atoms with Gasteiger partial charge in [-0.05, 0) is 80.9 Å². The van der Waals surface area contributed by atoms with Crippen LogP contribution in [0.5, 0.6) is 0 Å². The van der Waals surface area contributed by atoms with E-state index < -0.39 is 0 Å². The third-order valence-corrected chi connectivity index (χ3v) is 13.2. The molecule has 0 fully saturated rings. The van der Waals surface area contributed by atoms with Crippen LogP contribution in [0.4, 0.5) is 0 Å². The van der Waals surface area contributed by atoms with E-state index in [1.165, 1.54) is 22.3 Å². The van der Waals surface area contributed by atoms with Gasteiger partial charge in [-0.3, -0.25) is 4.57 Å². The molecule has 0 radical (unpaired) electrons. The predicted molar refractivity (Wildman–Crippen MR) is 281 cm³/mol. The average molecular weight is 868 g/mol. The maximum absolute atomic E-state index is 5.49. The van der Waals surface area contributed by atoms with Gasteiger partial charge in [0, 0.05) is 38.4 Å². The zero-order valence-corrected chi connectivity index (χ0v) is 36.9. The van der Waals surface area contributed by atoms with Crippen molar-refractivity contribution in [2.24, 2.45) is 0 Å². The fourth-order valence-corrected chi connectivity index (χ4v) is 10.0. The van der Waals surface area contributed by atoms with Crippen molar-refractivity contribution >= 4 is 43.6 Å². The van der Waals surface area contributed by atoms with E-state index in [2.05, 4.69) is 240 Å². The zero-order valence-electron chi connectivity index (χ0n) is 36.9. The standard InChI is InChI=1S/C63H41N5/c1-5-18-42(19-6-1)44-32-34-46(35-33-44)49-24-17-25-50(40-49)62-64-61(48-22-9-3-10-23-48)65-63(66-62)68-56-31-16-13-28-52(56)58-54(47-38-36-45(37-39-47)43-20-7-2-8-21-43)41-57-59(60(58)68)53-29-14-15-30-55(53)67(57)51-26-11-4-12-27-51/h1-41H. The molecule has 0 atom stereocenters. The number of hydrogen-bond donors (Lipinski definition) is 0. The van der Waals surface area contributed by atoms with E-state index in [0.717, 1.165) is 82.7 Å². The summed E-state index contributed by atoms with van der Waals surface area (Å²) in [5, 5.41) is 4.53. The summed E-state index contributed by atoms with van der Waals surface area (Å²) < 4.78 is 4.69.